The fourth-order valence-electron chi connectivity index (χ4n) is 2.74. The third-order valence-corrected chi connectivity index (χ3v) is 3.87. The average molecular weight is 176 g/mol. The fourth-order valence-corrected chi connectivity index (χ4v) is 2.74. The van der Waals surface area contributed by atoms with Gasteiger partial charge in [0, 0.05) is 24.0 Å². The van der Waals surface area contributed by atoms with Crippen molar-refractivity contribution in [3.63, 3.8) is 0 Å². The molecule has 2 heteroatoms. The van der Waals surface area contributed by atoms with E-state index in [2.05, 4.69) is 28.9 Å². The molecule has 13 heavy (non-hydrogen) atoms. The molecule has 2 fully saturated rings. The van der Waals surface area contributed by atoms with E-state index in [0.29, 0.717) is 5.54 Å². The molecule has 0 amide bonds. The summed E-state index contributed by atoms with van der Waals surface area (Å²) in [7, 11) is 0. The monoisotopic (exact) mass is 176 g/mol. The first-order chi connectivity index (χ1) is 6.29. The van der Waals surface area contributed by atoms with Crippen molar-refractivity contribution < 1.29 is 0 Å². The van der Waals surface area contributed by atoms with Crippen LogP contribution in [0.3, 0.4) is 0 Å². The quantitative estimate of drug-likeness (QED) is 0.730. The summed E-state index contributed by atoms with van der Waals surface area (Å²) in [5.41, 5.74) is 1.92. The van der Waals surface area contributed by atoms with Gasteiger partial charge in [0.05, 0.1) is 0 Å². The summed E-state index contributed by atoms with van der Waals surface area (Å²) in [6.07, 6.45) is 4.85. The number of aromatic nitrogens is 1. The summed E-state index contributed by atoms with van der Waals surface area (Å²) >= 11 is 0. The van der Waals surface area contributed by atoms with E-state index in [4.69, 9.17) is 0 Å². The van der Waals surface area contributed by atoms with Crippen LogP contribution in [0.1, 0.15) is 25.5 Å². The van der Waals surface area contributed by atoms with E-state index in [1.54, 1.807) is 0 Å². The van der Waals surface area contributed by atoms with Crippen LogP contribution in [-0.2, 0) is 6.54 Å². The molecular weight excluding hydrogens is 160 g/mol. The zero-order valence-corrected chi connectivity index (χ0v) is 8.09. The highest BCUT2D eigenvalue weighted by Crippen LogP contribution is 2.55. The number of hydrogen-bond acceptors (Lipinski definition) is 1. The average Bonchev–Trinajstić information content (AvgIpc) is 2.53. The van der Waals surface area contributed by atoms with Gasteiger partial charge in [0.2, 0.25) is 0 Å². The lowest BCUT2D eigenvalue weighted by atomic mass is 10.2. The van der Waals surface area contributed by atoms with Gasteiger partial charge in [-0.15, -0.1) is 0 Å². The second-order valence-corrected chi connectivity index (χ2v) is 4.66. The largest absolute Gasteiger partial charge is 0.364 e. The van der Waals surface area contributed by atoms with Gasteiger partial charge in [-0.3, -0.25) is 4.90 Å². The van der Waals surface area contributed by atoms with Crippen molar-refractivity contribution in [2.24, 2.45) is 5.92 Å². The predicted molar refractivity (Wildman–Crippen MR) is 52.3 cm³/mol. The third-order valence-electron chi connectivity index (χ3n) is 3.87. The highest BCUT2D eigenvalue weighted by Gasteiger charge is 2.57. The normalized spacial score (nSPS) is 37.8. The SMILES string of the molecule is C[C@]12C[C@H]1CCN2Cc1ccc[nH]1. The number of fused-ring (bicyclic) bond motifs is 1. The van der Waals surface area contributed by atoms with Crippen molar-refractivity contribution >= 4 is 0 Å². The summed E-state index contributed by atoms with van der Waals surface area (Å²) in [6.45, 7) is 4.81. The van der Waals surface area contributed by atoms with E-state index in [1.807, 2.05) is 6.20 Å². The molecule has 1 saturated heterocycles. The lowest BCUT2D eigenvalue weighted by Crippen LogP contribution is -2.31. The maximum atomic E-state index is 3.28. The highest BCUT2D eigenvalue weighted by molar-refractivity contribution is 5.15. The van der Waals surface area contributed by atoms with Crippen molar-refractivity contribution in [2.45, 2.75) is 31.8 Å². The summed E-state index contributed by atoms with van der Waals surface area (Å²) in [4.78, 5) is 5.91. The molecule has 1 aliphatic heterocycles. The van der Waals surface area contributed by atoms with E-state index >= 15 is 0 Å². The molecule has 0 bridgehead atoms. The van der Waals surface area contributed by atoms with Crippen molar-refractivity contribution in [2.75, 3.05) is 6.54 Å². The fraction of sp³-hybridized carbons (Fsp3) is 0.636. The van der Waals surface area contributed by atoms with E-state index in [1.165, 1.54) is 25.1 Å². The Kier molecular flexibility index (Phi) is 1.40. The number of hydrogen-bond donors (Lipinski definition) is 1. The topological polar surface area (TPSA) is 19.0 Å². The van der Waals surface area contributed by atoms with Gasteiger partial charge < -0.3 is 4.98 Å². The van der Waals surface area contributed by atoms with Crippen LogP contribution in [0.5, 0.6) is 0 Å². The number of nitrogens with one attached hydrogen (secondary N) is 1. The smallest absolute Gasteiger partial charge is 0.0390 e. The summed E-state index contributed by atoms with van der Waals surface area (Å²) < 4.78 is 0. The van der Waals surface area contributed by atoms with Gasteiger partial charge in [0.15, 0.2) is 0 Å². The van der Waals surface area contributed by atoms with Crippen LogP contribution in [0.4, 0.5) is 0 Å². The van der Waals surface area contributed by atoms with Gasteiger partial charge in [-0.2, -0.15) is 0 Å². The van der Waals surface area contributed by atoms with Crippen LogP contribution in [0.15, 0.2) is 18.3 Å². The molecule has 70 valence electrons. The lowest BCUT2D eigenvalue weighted by Gasteiger charge is -2.24. The predicted octanol–water partition coefficient (Wildman–Crippen LogP) is 2.00. The first kappa shape index (κ1) is 7.63. The molecule has 3 rings (SSSR count). The molecule has 1 saturated carbocycles. The second kappa shape index (κ2) is 2.38. The summed E-state index contributed by atoms with van der Waals surface area (Å²) in [5, 5.41) is 0. The molecule has 0 radical (unpaired) electrons. The van der Waals surface area contributed by atoms with Crippen molar-refractivity contribution in [1.29, 1.82) is 0 Å². The number of aromatic amines is 1. The lowest BCUT2D eigenvalue weighted by molar-refractivity contribution is 0.214. The van der Waals surface area contributed by atoms with Crippen LogP contribution in [0.2, 0.25) is 0 Å². The Labute approximate surface area is 78.9 Å². The molecular formula is C11H16N2. The molecule has 1 aliphatic carbocycles. The summed E-state index contributed by atoms with van der Waals surface area (Å²) in [6, 6.07) is 4.26. The highest BCUT2D eigenvalue weighted by atomic mass is 15.3. The van der Waals surface area contributed by atoms with Crippen LogP contribution in [-0.4, -0.2) is 22.0 Å². The molecule has 0 aromatic carbocycles. The Morgan fingerprint density at radius 2 is 2.62 bits per heavy atom. The van der Waals surface area contributed by atoms with Crippen LogP contribution < -0.4 is 0 Å². The zero-order chi connectivity index (χ0) is 8.89. The molecule has 2 aliphatic rings. The number of nitrogens with zero attached hydrogens (tertiary/aromatic N) is 1. The van der Waals surface area contributed by atoms with E-state index < -0.39 is 0 Å². The van der Waals surface area contributed by atoms with Gasteiger partial charge in [0.1, 0.15) is 0 Å². The van der Waals surface area contributed by atoms with Crippen molar-refractivity contribution in [3.05, 3.63) is 24.0 Å². The minimum Gasteiger partial charge on any atom is -0.364 e. The number of piperidine rings is 1. The molecule has 1 N–H and O–H groups in total. The number of rotatable bonds is 2. The first-order valence-electron chi connectivity index (χ1n) is 5.16. The third kappa shape index (κ3) is 1.05. The van der Waals surface area contributed by atoms with Crippen molar-refractivity contribution in [3.8, 4) is 0 Å². The zero-order valence-electron chi connectivity index (χ0n) is 8.09. The Bertz CT molecular complexity index is 302. The Morgan fingerprint density at radius 1 is 1.69 bits per heavy atom. The number of H-pyrrole nitrogens is 1. The number of likely N-dealkylation sites (tertiary alicyclic amines) is 1. The molecule has 2 nitrogen and oxygen atoms in total. The molecule has 0 unspecified atom stereocenters. The minimum absolute atomic E-state index is 0.561. The van der Waals surface area contributed by atoms with Gasteiger partial charge in [-0.25, -0.2) is 0 Å². The minimum atomic E-state index is 0.561. The Hall–Kier alpha value is -0.760. The molecule has 1 aromatic heterocycles. The summed E-state index contributed by atoms with van der Waals surface area (Å²) in [5.74, 6) is 1.00. The van der Waals surface area contributed by atoms with Gasteiger partial charge >= 0.3 is 0 Å². The molecule has 2 atom stereocenters. The maximum Gasteiger partial charge on any atom is 0.0390 e. The Balaban J connectivity index is 1.74. The van der Waals surface area contributed by atoms with Gasteiger partial charge in [-0.05, 0) is 44.4 Å². The van der Waals surface area contributed by atoms with Gasteiger partial charge in [-0.1, -0.05) is 0 Å². The van der Waals surface area contributed by atoms with E-state index in [0.717, 1.165) is 12.5 Å². The Morgan fingerprint density at radius 3 is 3.15 bits per heavy atom. The molecule has 0 spiro atoms. The van der Waals surface area contributed by atoms with Crippen LogP contribution in [0, 0.1) is 5.92 Å². The van der Waals surface area contributed by atoms with Crippen LogP contribution in [0.25, 0.3) is 0 Å². The standard InChI is InChI=1S/C11H16N2/c1-11-7-9(11)4-6-13(11)8-10-3-2-5-12-10/h2-3,5,9,12H,4,6-8H2,1H3/t9-,11+/m1/s1. The van der Waals surface area contributed by atoms with E-state index in [-0.39, 0.29) is 0 Å². The van der Waals surface area contributed by atoms with E-state index in [9.17, 15) is 0 Å². The molecule has 1 aromatic rings. The second-order valence-electron chi connectivity index (χ2n) is 4.66. The van der Waals surface area contributed by atoms with Crippen LogP contribution >= 0.6 is 0 Å². The maximum absolute atomic E-state index is 3.28. The van der Waals surface area contributed by atoms with Gasteiger partial charge in [0.25, 0.3) is 0 Å². The van der Waals surface area contributed by atoms with Crippen molar-refractivity contribution in [1.82, 2.24) is 9.88 Å². The molecule has 2 heterocycles. The first-order valence-corrected chi connectivity index (χ1v) is 5.16.